The van der Waals surface area contributed by atoms with E-state index in [1.54, 1.807) is 13.8 Å². The van der Waals surface area contributed by atoms with Gasteiger partial charge in [0.2, 0.25) is 5.76 Å². The van der Waals surface area contributed by atoms with Crippen LogP contribution in [0.1, 0.15) is 29.6 Å². The summed E-state index contributed by atoms with van der Waals surface area (Å²) in [5.74, 6) is -1.73. The van der Waals surface area contributed by atoms with Crippen LogP contribution in [0.25, 0.3) is 0 Å². The molecular formula is C15H15FN2O4. The number of hydrogen-bond donors (Lipinski definition) is 1. The molecule has 6 nitrogen and oxygen atoms in total. The summed E-state index contributed by atoms with van der Waals surface area (Å²) in [5, 5.41) is 6.13. The highest BCUT2D eigenvalue weighted by atomic mass is 19.1. The number of hydrogen-bond acceptors (Lipinski definition) is 5. The van der Waals surface area contributed by atoms with Crippen molar-refractivity contribution in [1.29, 1.82) is 0 Å². The van der Waals surface area contributed by atoms with E-state index in [0.717, 1.165) is 0 Å². The number of carbonyl (C=O) groups excluding carboxylic acids is 2. The molecule has 0 saturated heterocycles. The summed E-state index contributed by atoms with van der Waals surface area (Å²) in [4.78, 5) is 23.9. The SMILES string of the molecule is CCC(OC(=O)c1cc(C)no1)C(=O)Nc1ccc(F)cc1. The van der Waals surface area contributed by atoms with Crippen LogP contribution in [-0.4, -0.2) is 23.1 Å². The van der Waals surface area contributed by atoms with Gasteiger partial charge in [-0.1, -0.05) is 12.1 Å². The molecule has 0 spiro atoms. The number of nitrogens with zero attached hydrogens (tertiary/aromatic N) is 1. The Morgan fingerprint density at radius 2 is 2.05 bits per heavy atom. The van der Waals surface area contributed by atoms with Gasteiger partial charge in [0.1, 0.15) is 5.82 Å². The number of benzene rings is 1. The second-order valence-corrected chi connectivity index (χ2v) is 4.63. The first-order chi connectivity index (χ1) is 10.5. The molecule has 0 aliphatic carbocycles. The minimum Gasteiger partial charge on any atom is -0.446 e. The highest BCUT2D eigenvalue weighted by Crippen LogP contribution is 2.12. The van der Waals surface area contributed by atoms with Gasteiger partial charge in [-0.05, 0) is 37.6 Å². The van der Waals surface area contributed by atoms with Crippen molar-refractivity contribution in [3.8, 4) is 0 Å². The van der Waals surface area contributed by atoms with Crippen molar-refractivity contribution < 1.29 is 23.2 Å². The summed E-state index contributed by atoms with van der Waals surface area (Å²) in [6.45, 7) is 3.37. The van der Waals surface area contributed by atoms with E-state index in [-0.39, 0.29) is 12.2 Å². The molecule has 1 aromatic heterocycles. The predicted molar refractivity (Wildman–Crippen MR) is 75.8 cm³/mol. The fourth-order valence-corrected chi connectivity index (χ4v) is 1.73. The summed E-state index contributed by atoms with van der Waals surface area (Å²) in [7, 11) is 0. The molecule has 1 aromatic carbocycles. The third-order valence-corrected chi connectivity index (χ3v) is 2.85. The van der Waals surface area contributed by atoms with Crippen LogP contribution in [0.5, 0.6) is 0 Å². The Bertz CT molecular complexity index is 666. The number of anilines is 1. The molecule has 1 atom stereocenters. The topological polar surface area (TPSA) is 81.4 Å². The molecule has 0 bridgehead atoms. The second kappa shape index (κ2) is 6.84. The lowest BCUT2D eigenvalue weighted by Gasteiger charge is -2.15. The molecule has 1 heterocycles. The Hall–Kier alpha value is -2.70. The van der Waals surface area contributed by atoms with E-state index < -0.39 is 23.8 Å². The predicted octanol–water partition coefficient (Wildman–Crippen LogP) is 2.70. The molecule has 0 saturated carbocycles. The summed E-state index contributed by atoms with van der Waals surface area (Å²) in [6.07, 6.45) is -0.700. The number of ether oxygens (including phenoxy) is 1. The number of rotatable bonds is 5. The molecule has 0 aliphatic rings. The van der Waals surface area contributed by atoms with Crippen LogP contribution in [0.3, 0.4) is 0 Å². The van der Waals surface area contributed by atoms with Crippen LogP contribution in [-0.2, 0) is 9.53 Å². The standard InChI is InChI=1S/C15H15FN2O4/c1-3-12(21-15(20)13-8-9(2)18-22-13)14(19)17-11-6-4-10(16)5-7-11/h4-8,12H,3H2,1-2H3,(H,17,19). The van der Waals surface area contributed by atoms with Gasteiger partial charge in [0.15, 0.2) is 6.10 Å². The largest absolute Gasteiger partial charge is 0.446 e. The van der Waals surface area contributed by atoms with E-state index in [1.807, 2.05) is 0 Å². The molecule has 2 rings (SSSR count). The highest BCUT2D eigenvalue weighted by molar-refractivity contribution is 5.96. The Labute approximate surface area is 126 Å². The molecule has 1 amide bonds. The summed E-state index contributed by atoms with van der Waals surface area (Å²) in [5.41, 5.74) is 0.951. The number of carbonyl (C=O) groups is 2. The van der Waals surface area contributed by atoms with Crippen LogP contribution in [0.2, 0.25) is 0 Å². The van der Waals surface area contributed by atoms with Crippen molar-refractivity contribution in [1.82, 2.24) is 5.16 Å². The highest BCUT2D eigenvalue weighted by Gasteiger charge is 2.24. The van der Waals surface area contributed by atoms with Gasteiger partial charge in [-0.25, -0.2) is 9.18 Å². The minimum atomic E-state index is -0.983. The van der Waals surface area contributed by atoms with Crippen molar-refractivity contribution in [2.24, 2.45) is 0 Å². The first-order valence-corrected chi connectivity index (χ1v) is 6.70. The van der Waals surface area contributed by atoms with Gasteiger partial charge in [-0.15, -0.1) is 0 Å². The third-order valence-electron chi connectivity index (χ3n) is 2.85. The van der Waals surface area contributed by atoms with Gasteiger partial charge >= 0.3 is 5.97 Å². The zero-order valence-electron chi connectivity index (χ0n) is 12.1. The normalized spacial score (nSPS) is 11.8. The Balaban J connectivity index is 1.99. The Morgan fingerprint density at radius 3 is 2.59 bits per heavy atom. The molecule has 22 heavy (non-hydrogen) atoms. The van der Waals surface area contributed by atoms with Crippen molar-refractivity contribution in [2.75, 3.05) is 5.32 Å². The summed E-state index contributed by atoms with van der Waals surface area (Å²) < 4.78 is 22.7. The van der Waals surface area contributed by atoms with Crippen LogP contribution in [0.4, 0.5) is 10.1 Å². The minimum absolute atomic E-state index is 0.0643. The van der Waals surface area contributed by atoms with Crippen molar-refractivity contribution in [2.45, 2.75) is 26.4 Å². The van der Waals surface area contributed by atoms with E-state index in [4.69, 9.17) is 9.26 Å². The lowest BCUT2D eigenvalue weighted by molar-refractivity contribution is -0.124. The molecule has 116 valence electrons. The maximum absolute atomic E-state index is 12.8. The number of halogens is 1. The zero-order valence-corrected chi connectivity index (χ0v) is 12.1. The van der Waals surface area contributed by atoms with Gasteiger partial charge in [0.05, 0.1) is 5.69 Å². The Kier molecular flexibility index (Phi) is 4.88. The van der Waals surface area contributed by atoms with E-state index in [1.165, 1.54) is 30.3 Å². The van der Waals surface area contributed by atoms with E-state index >= 15 is 0 Å². The molecular weight excluding hydrogens is 291 g/mol. The number of aryl methyl sites for hydroxylation is 1. The number of aromatic nitrogens is 1. The van der Waals surface area contributed by atoms with E-state index in [2.05, 4.69) is 10.5 Å². The van der Waals surface area contributed by atoms with Crippen LogP contribution >= 0.6 is 0 Å². The average Bonchev–Trinajstić information content (AvgIpc) is 2.93. The van der Waals surface area contributed by atoms with Crippen molar-refractivity contribution in [3.63, 3.8) is 0 Å². The van der Waals surface area contributed by atoms with Gasteiger partial charge in [-0.3, -0.25) is 4.79 Å². The molecule has 0 fully saturated rings. The summed E-state index contributed by atoms with van der Waals surface area (Å²) >= 11 is 0. The maximum Gasteiger partial charge on any atom is 0.377 e. The van der Waals surface area contributed by atoms with Crippen LogP contribution in [0, 0.1) is 12.7 Å². The summed E-state index contributed by atoms with van der Waals surface area (Å²) in [6, 6.07) is 6.70. The van der Waals surface area contributed by atoms with Crippen LogP contribution < -0.4 is 5.32 Å². The first-order valence-electron chi connectivity index (χ1n) is 6.70. The molecule has 0 aliphatic heterocycles. The van der Waals surface area contributed by atoms with Gasteiger partial charge in [0.25, 0.3) is 5.91 Å². The van der Waals surface area contributed by atoms with Crippen LogP contribution in [0.15, 0.2) is 34.9 Å². The van der Waals surface area contributed by atoms with Crippen molar-refractivity contribution >= 4 is 17.6 Å². The molecule has 1 unspecified atom stereocenters. The van der Waals surface area contributed by atoms with Gasteiger partial charge in [-0.2, -0.15) is 0 Å². The van der Waals surface area contributed by atoms with Gasteiger partial charge < -0.3 is 14.6 Å². The van der Waals surface area contributed by atoms with E-state index in [0.29, 0.717) is 11.4 Å². The number of amides is 1. The quantitative estimate of drug-likeness (QED) is 0.859. The lowest BCUT2D eigenvalue weighted by atomic mass is 10.2. The lowest BCUT2D eigenvalue weighted by Crippen LogP contribution is -2.32. The smallest absolute Gasteiger partial charge is 0.377 e. The Morgan fingerprint density at radius 1 is 1.36 bits per heavy atom. The molecule has 1 N–H and O–H groups in total. The molecule has 2 aromatic rings. The third kappa shape index (κ3) is 3.91. The van der Waals surface area contributed by atoms with Gasteiger partial charge in [0, 0.05) is 11.8 Å². The number of nitrogens with one attached hydrogen (secondary N) is 1. The van der Waals surface area contributed by atoms with Crippen molar-refractivity contribution in [3.05, 3.63) is 47.6 Å². The molecule has 7 heteroatoms. The maximum atomic E-state index is 12.8. The monoisotopic (exact) mass is 306 g/mol. The second-order valence-electron chi connectivity index (χ2n) is 4.63. The zero-order chi connectivity index (χ0) is 16.1. The number of esters is 1. The molecule has 0 radical (unpaired) electrons. The fraction of sp³-hybridized carbons (Fsp3) is 0.267. The van der Waals surface area contributed by atoms with E-state index in [9.17, 15) is 14.0 Å². The first kappa shape index (κ1) is 15.7. The average molecular weight is 306 g/mol. The fourth-order valence-electron chi connectivity index (χ4n) is 1.73.